The molecule has 5 nitrogen and oxygen atoms in total. The van der Waals surface area contributed by atoms with Gasteiger partial charge in [0.1, 0.15) is 0 Å². The summed E-state index contributed by atoms with van der Waals surface area (Å²) < 4.78 is 11.7. The molecule has 0 aromatic heterocycles. The number of hydrogen-bond donors (Lipinski definition) is 1. The number of rotatable bonds is 2. The van der Waals surface area contributed by atoms with Crippen LogP contribution in [-0.4, -0.2) is 55.5 Å². The van der Waals surface area contributed by atoms with E-state index >= 15 is 0 Å². The van der Waals surface area contributed by atoms with E-state index < -0.39 is 0 Å². The zero-order chi connectivity index (χ0) is 16.3. The number of morpholine rings is 1. The summed E-state index contributed by atoms with van der Waals surface area (Å²) in [7, 11) is 0. The summed E-state index contributed by atoms with van der Waals surface area (Å²) >= 11 is 0. The number of carbonyl (C=O) groups excluding carboxylic acids is 1. The van der Waals surface area contributed by atoms with E-state index in [4.69, 9.17) is 9.47 Å². The highest BCUT2D eigenvalue weighted by Crippen LogP contribution is 2.33. The van der Waals surface area contributed by atoms with E-state index in [1.807, 2.05) is 18.7 Å². The van der Waals surface area contributed by atoms with Gasteiger partial charge in [-0.05, 0) is 32.1 Å². The maximum absolute atomic E-state index is 12.4. The van der Waals surface area contributed by atoms with Gasteiger partial charge in [-0.2, -0.15) is 0 Å². The van der Waals surface area contributed by atoms with Gasteiger partial charge in [0, 0.05) is 32.2 Å². The number of urea groups is 1. The van der Waals surface area contributed by atoms with Gasteiger partial charge in [-0.15, -0.1) is 0 Å². The van der Waals surface area contributed by atoms with Gasteiger partial charge in [-0.25, -0.2) is 4.79 Å². The van der Waals surface area contributed by atoms with Gasteiger partial charge in [0.2, 0.25) is 0 Å². The topological polar surface area (TPSA) is 50.8 Å². The molecule has 2 amide bonds. The van der Waals surface area contributed by atoms with Crippen LogP contribution >= 0.6 is 0 Å². The van der Waals surface area contributed by atoms with E-state index in [1.165, 1.54) is 0 Å². The molecule has 0 saturated carbocycles. The first-order valence-corrected chi connectivity index (χ1v) is 8.57. The maximum atomic E-state index is 12.4. The largest absolute Gasteiger partial charge is 0.377 e. The molecule has 2 aliphatic heterocycles. The van der Waals surface area contributed by atoms with E-state index in [9.17, 15) is 4.79 Å². The number of nitrogens with one attached hydrogen (secondary N) is 1. The first kappa shape index (κ1) is 17.5. The third-order valence-corrected chi connectivity index (χ3v) is 4.52. The van der Waals surface area contributed by atoms with Crippen molar-refractivity contribution in [1.82, 2.24) is 10.2 Å². The summed E-state index contributed by atoms with van der Waals surface area (Å²) in [5.41, 5.74) is 0.109. The van der Waals surface area contributed by atoms with Gasteiger partial charge >= 0.3 is 6.03 Å². The molecular weight excluding hydrogens is 280 g/mol. The Morgan fingerprint density at radius 3 is 2.45 bits per heavy atom. The van der Waals surface area contributed by atoms with Gasteiger partial charge < -0.3 is 19.7 Å². The number of carbonyl (C=O) groups is 1. The molecule has 0 bridgehead atoms. The minimum absolute atomic E-state index is 0.0280. The van der Waals surface area contributed by atoms with Crippen molar-refractivity contribution in [1.29, 1.82) is 0 Å². The SMILES string of the molecule is CC1CN(C(=O)NCC2CCCOC2C(C)(C)C)CC(C)O1. The normalized spacial score (nSPS) is 33.6. The van der Waals surface area contributed by atoms with Crippen molar-refractivity contribution in [3.63, 3.8) is 0 Å². The van der Waals surface area contributed by atoms with Crippen LogP contribution in [0.2, 0.25) is 0 Å². The minimum Gasteiger partial charge on any atom is -0.377 e. The Morgan fingerprint density at radius 2 is 1.86 bits per heavy atom. The predicted molar refractivity (Wildman–Crippen MR) is 86.9 cm³/mol. The van der Waals surface area contributed by atoms with Crippen molar-refractivity contribution in [2.45, 2.75) is 65.8 Å². The minimum atomic E-state index is 0.0280. The van der Waals surface area contributed by atoms with Gasteiger partial charge in [0.15, 0.2) is 0 Å². The standard InChI is InChI=1S/C17H32N2O3/c1-12-10-19(11-13(2)22-12)16(20)18-9-14-7-6-8-21-15(14)17(3,4)5/h12-15H,6-11H2,1-5H3,(H,18,20). The third kappa shape index (κ3) is 4.59. The molecule has 128 valence electrons. The molecule has 4 unspecified atom stereocenters. The fraction of sp³-hybridized carbons (Fsp3) is 0.941. The number of hydrogen-bond acceptors (Lipinski definition) is 3. The van der Waals surface area contributed by atoms with E-state index in [0.29, 0.717) is 25.6 Å². The molecule has 5 heteroatoms. The van der Waals surface area contributed by atoms with Crippen LogP contribution in [0.4, 0.5) is 4.79 Å². The molecule has 0 aliphatic carbocycles. The molecule has 2 rings (SSSR count). The molecule has 2 heterocycles. The lowest BCUT2D eigenvalue weighted by molar-refractivity contribution is -0.0845. The highest BCUT2D eigenvalue weighted by Gasteiger charge is 2.36. The summed E-state index contributed by atoms with van der Waals surface area (Å²) in [6.45, 7) is 13.5. The number of nitrogens with zero attached hydrogens (tertiary/aromatic N) is 1. The number of ether oxygens (including phenoxy) is 2. The summed E-state index contributed by atoms with van der Waals surface area (Å²) in [4.78, 5) is 14.3. The van der Waals surface area contributed by atoms with Crippen LogP contribution in [0.1, 0.15) is 47.5 Å². The maximum Gasteiger partial charge on any atom is 0.317 e. The Balaban J connectivity index is 1.86. The summed E-state index contributed by atoms with van der Waals surface area (Å²) in [5, 5.41) is 3.12. The van der Waals surface area contributed by atoms with E-state index in [-0.39, 0.29) is 29.8 Å². The van der Waals surface area contributed by atoms with Crippen LogP contribution in [0.15, 0.2) is 0 Å². The zero-order valence-corrected chi connectivity index (χ0v) is 14.7. The van der Waals surface area contributed by atoms with Crippen LogP contribution in [0.3, 0.4) is 0 Å². The molecule has 22 heavy (non-hydrogen) atoms. The molecule has 2 saturated heterocycles. The lowest BCUT2D eigenvalue weighted by Gasteiger charge is -2.41. The Bertz CT molecular complexity index is 371. The van der Waals surface area contributed by atoms with Crippen molar-refractivity contribution in [2.24, 2.45) is 11.3 Å². The lowest BCUT2D eigenvalue weighted by Crippen LogP contribution is -2.53. The van der Waals surface area contributed by atoms with E-state index in [2.05, 4.69) is 26.1 Å². The summed E-state index contributed by atoms with van der Waals surface area (Å²) in [6.07, 6.45) is 2.63. The Morgan fingerprint density at radius 1 is 1.23 bits per heavy atom. The van der Waals surface area contributed by atoms with Gasteiger partial charge in [0.25, 0.3) is 0 Å². The third-order valence-electron chi connectivity index (χ3n) is 4.52. The summed E-state index contributed by atoms with van der Waals surface area (Å²) in [5.74, 6) is 0.397. The van der Waals surface area contributed by atoms with Gasteiger partial charge in [-0.1, -0.05) is 20.8 Å². The van der Waals surface area contributed by atoms with Crippen molar-refractivity contribution < 1.29 is 14.3 Å². The summed E-state index contributed by atoms with van der Waals surface area (Å²) in [6, 6.07) is 0.0280. The lowest BCUT2D eigenvalue weighted by atomic mass is 9.78. The number of amides is 2. The highest BCUT2D eigenvalue weighted by molar-refractivity contribution is 5.74. The molecule has 0 aromatic carbocycles. The molecule has 0 radical (unpaired) electrons. The van der Waals surface area contributed by atoms with Crippen LogP contribution in [0.25, 0.3) is 0 Å². The Kier molecular flexibility index (Phi) is 5.72. The van der Waals surface area contributed by atoms with E-state index in [1.54, 1.807) is 0 Å². The second kappa shape index (κ2) is 7.18. The van der Waals surface area contributed by atoms with Crippen LogP contribution in [0.5, 0.6) is 0 Å². The molecule has 1 N–H and O–H groups in total. The second-order valence-electron chi connectivity index (χ2n) is 7.91. The average molecular weight is 312 g/mol. The fourth-order valence-electron chi connectivity index (χ4n) is 3.68. The first-order valence-electron chi connectivity index (χ1n) is 8.57. The van der Waals surface area contributed by atoms with Crippen molar-refractivity contribution >= 4 is 6.03 Å². The van der Waals surface area contributed by atoms with Crippen LogP contribution < -0.4 is 5.32 Å². The van der Waals surface area contributed by atoms with Crippen molar-refractivity contribution in [2.75, 3.05) is 26.2 Å². The van der Waals surface area contributed by atoms with Crippen LogP contribution in [-0.2, 0) is 9.47 Å². The van der Waals surface area contributed by atoms with Gasteiger partial charge in [-0.3, -0.25) is 0 Å². The van der Waals surface area contributed by atoms with Crippen LogP contribution in [0, 0.1) is 11.3 Å². The Hall–Kier alpha value is -0.810. The molecule has 2 fully saturated rings. The highest BCUT2D eigenvalue weighted by atomic mass is 16.5. The average Bonchev–Trinajstić information content (AvgIpc) is 2.43. The molecule has 0 spiro atoms. The smallest absolute Gasteiger partial charge is 0.317 e. The van der Waals surface area contributed by atoms with Crippen molar-refractivity contribution in [3.8, 4) is 0 Å². The fourth-order valence-corrected chi connectivity index (χ4v) is 3.68. The Labute approximate surface area is 134 Å². The molecular formula is C17H32N2O3. The van der Waals surface area contributed by atoms with Gasteiger partial charge in [0.05, 0.1) is 18.3 Å². The molecule has 4 atom stereocenters. The zero-order valence-electron chi connectivity index (χ0n) is 14.7. The first-order chi connectivity index (χ1) is 10.3. The monoisotopic (exact) mass is 312 g/mol. The quantitative estimate of drug-likeness (QED) is 0.853. The molecule has 2 aliphatic rings. The predicted octanol–water partition coefficient (Wildman–Crippen LogP) is 2.65. The van der Waals surface area contributed by atoms with E-state index in [0.717, 1.165) is 19.4 Å². The second-order valence-corrected chi connectivity index (χ2v) is 7.91. The molecule has 0 aromatic rings. The van der Waals surface area contributed by atoms with Crippen molar-refractivity contribution in [3.05, 3.63) is 0 Å².